The number of hydrogen-bond donors (Lipinski definition) is 8. The molecule has 1 radical (unpaired) electrons. The van der Waals surface area contributed by atoms with E-state index in [1.54, 1.807) is 6.92 Å². The molecule has 4 heterocycles. The van der Waals surface area contributed by atoms with E-state index < -0.39 is 98.7 Å². The smallest absolute Gasteiger partial charge is 0.481 e. The predicted octanol–water partition coefficient (Wildman–Crippen LogP) is 2.55. The zero-order valence-corrected chi connectivity index (χ0v) is 39.4. The van der Waals surface area contributed by atoms with Gasteiger partial charge in [-0.3, -0.25) is 48.5 Å². The average Bonchev–Trinajstić information content (AvgIpc) is 3.68. The first kappa shape index (κ1) is 53.2. The molecule has 64 heavy (non-hydrogen) atoms. The number of carbonyl (C=O) groups excluding carboxylic acids is 6. The quantitative estimate of drug-likeness (QED) is 0.1000. The van der Waals surface area contributed by atoms with Gasteiger partial charge < -0.3 is 45.2 Å². The Balaban J connectivity index is 0.0000109. The van der Waals surface area contributed by atoms with Crippen LogP contribution in [0, 0.1) is 51.2 Å². The Bertz CT molecular complexity index is 2160. The number of nitrogens with two attached hydrogens (primary N) is 7. The van der Waals surface area contributed by atoms with E-state index in [0.29, 0.717) is 39.7 Å². The molecule has 353 valence electrons. The second-order valence-corrected chi connectivity index (χ2v) is 19.6. The van der Waals surface area contributed by atoms with E-state index in [-0.39, 0.29) is 93.1 Å². The number of carboxylic acid groups (broad SMARTS) is 1. The summed E-state index contributed by atoms with van der Waals surface area (Å²) in [5, 5.41) is 10.1. The number of nitrogens with zero attached hydrogens (tertiary/aromatic N) is 3. The summed E-state index contributed by atoms with van der Waals surface area (Å²) in [4.78, 5) is 105. The number of primary amides is 6. The van der Waals surface area contributed by atoms with Crippen LogP contribution in [0.15, 0.2) is 49.3 Å². The molecule has 0 unspecified atom stereocenters. The maximum absolute atomic E-state index is 13.3. The first-order valence-corrected chi connectivity index (χ1v) is 21.6. The van der Waals surface area contributed by atoms with Crippen molar-refractivity contribution in [1.29, 1.82) is 0 Å². The number of rotatable bonds is 18. The molecule has 15 N–H and O–H groups in total. The van der Waals surface area contributed by atoms with Gasteiger partial charge in [0, 0.05) is 113 Å². The summed E-state index contributed by atoms with van der Waals surface area (Å²) in [6, 6.07) is -0.793. The van der Waals surface area contributed by atoms with Gasteiger partial charge in [0.2, 0.25) is 35.4 Å². The fourth-order valence-corrected chi connectivity index (χ4v) is 11.3. The molecule has 4 rings (SSSR count). The van der Waals surface area contributed by atoms with Crippen molar-refractivity contribution in [2.75, 3.05) is 0 Å². The topological polar surface area (TPSA) is 359 Å². The summed E-state index contributed by atoms with van der Waals surface area (Å²) in [7, 11) is 0. The van der Waals surface area contributed by atoms with Gasteiger partial charge in [-0.25, -0.2) is 0 Å². The molecule has 0 aliphatic carbocycles. The van der Waals surface area contributed by atoms with Crippen molar-refractivity contribution in [3.63, 3.8) is 0 Å². The maximum Gasteiger partial charge on any atom is 2.00 e. The second kappa shape index (κ2) is 19.9. The van der Waals surface area contributed by atoms with E-state index in [2.05, 4.69) is 0 Å². The summed E-state index contributed by atoms with van der Waals surface area (Å²) in [6.45, 7) is 14.9. The maximum atomic E-state index is 13.3. The number of carboxylic acids is 1. The summed E-state index contributed by atoms with van der Waals surface area (Å²) in [5.74, 6) is -8.01. The molecular weight excluding hydrogens is 867 g/mol. The normalized spacial score (nSPS) is 34.1. The molecule has 0 aromatic heterocycles. The van der Waals surface area contributed by atoms with Crippen LogP contribution in [0.3, 0.4) is 0 Å². The Labute approximate surface area is 385 Å². The third-order valence-corrected chi connectivity index (χ3v) is 15.0. The van der Waals surface area contributed by atoms with Crippen molar-refractivity contribution in [1.82, 2.24) is 0 Å². The fourth-order valence-electron chi connectivity index (χ4n) is 11.3. The molecule has 0 aromatic rings. The van der Waals surface area contributed by atoms with Crippen LogP contribution in [-0.4, -0.2) is 69.7 Å². The van der Waals surface area contributed by atoms with Crippen LogP contribution in [0.4, 0.5) is 0 Å². The molecule has 18 nitrogen and oxygen atoms in total. The Kier molecular flexibility index (Phi) is 16.5. The minimum absolute atomic E-state index is 0. The first-order chi connectivity index (χ1) is 29.0. The molecule has 0 spiro atoms. The predicted molar refractivity (Wildman–Crippen MR) is 239 cm³/mol. The summed E-state index contributed by atoms with van der Waals surface area (Å²) in [6.07, 6.45) is 1.24. The van der Waals surface area contributed by atoms with Gasteiger partial charge in [-0.1, -0.05) is 41.5 Å². The second-order valence-electron chi connectivity index (χ2n) is 19.6. The van der Waals surface area contributed by atoms with Gasteiger partial charge in [-0.05, 0) is 68.1 Å². The molecule has 0 saturated heterocycles. The van der Waals surface area contributed by atoms with Crippen LogP contribution < -0.4 is 40.1 Å². The Morgan fingerprint density at radius 3 is 1.66 bits per heavy atom. The van der Waals surface area contributed by atoms with Gasteiger partial charge in [0.05, 0.1) is 11.8 Å². The molecule has 0 saturated carbocycles. The van der Waals surface area contributed by atoms with Gasteiger partial charge in [-0.15, -0.1) is 0 Å². The Morgan fingerprint density at radius 2 is 1.17 bits per heavy atom. The molecule has 6 bridgehead atoms. The third-order valence-electron chi connectivity index (χ3n) is 15.0. The number of carbonyl (C=O) groups is 7. The molecule has 0 aromatic carbocycles. The zero-order valence-electron chi connectivity index (χ0n) is 38.3. The van der Waals surface area contributed by atoms with Gasteiger partial charge >= 0.3 is 22.7 Å². The third kappa shape index (κ3) is 10.5. The Hall–Kier alpha value is -5.17. The van der Waals surface area contributed by atoms with Crippen molar-refractivity contribution in [2.45, 2.75) is 132 Å². The van der Waals surface area contributed by atoms with E-state index in [1.165, 1.54) is 0 Å². The monoisotopic (exact) mass is 935 g/mol. The van der Waals surface area contributed by atoms with E-state index in [4.69, 9.17) is 55.1 Å². The van der Waals surface area contributed by atoms with Gasteiger partial charge in [0.1, 0.15) is 0 Å². The SMILES string of the molecule is C/C1=C2N=C(/C=C3N=C(/C(C)=C(\N)[C@@H](CCC(N)=O)[C@](C)(CC(N)=O)[C@H](C)[C@@H]4N=C1[C@](C)(CCC(=O)O)[C@H]4CC(N)=O)[C@@](C)(CC(N)=O)[C@@H]/3CCC(N)=O)C(C)(C)[C@@H]/2CCC(N)=O.[Co+2]. The van der Waals surface area contributed by atoms with Crippen LogP contribution >= 0.6 is 0 Å². The number of aliphatic imine (C=N–C) groups is 3. The van der Waals surface area contributed by atoms with E-state index in [1.807, 2.05) is 54.5 Å². The molecule has 9 atom stereocenters. The van der Waals surface area contributed by atoms with Crippen LogP contribution in [-0.2, 0) is 50.3 Å². The van der Waals surface area contributed by atoms with Crippen molar-refractivity contribution >= 4 is 58.5 Å². The van der Waals surface area contributed by atoms with Gasteiger partial charge in [-0.2, -0.15) is 0 Å². The van der Waals surface area contributed by atoms with Crippen molar-refractivity contribution < 1.29 is 55.4 Å². The minimum Gasteiger partial charge on any atom is -0.481 e. The first-order valence-electron chi connectivity index (χ1n) is 21.6. The van der Waals surface area contributed by atoms with Crippen LogP contribution in [0.1, 0.15) is 126 Å². The summed E-state index contributed by atoms with van der Waals surface area (Å²) in [5.41, 5.74) is 42.1. The molecule has 4 aliphatic heterocycles. The van der Waals surface area contributed by atoms with E-state index in [0.717, 1.165) is 0 Å². The van der Waals surface area contributed by atoms with Crippen molar-refractivity contribution in [2.24, 2.45) is 106 Å². The number of allylic oxidation sites excluding steroid dienone is 6. The number of amides is 6. The van der Waals surface area contributed by atoms with Crippen LogP contribution in [0.25, 0.3) is 0 Å². The molecular formula is C45H68CoN10O8+2. The minimum atomic E-state index is -1.23. The largest absolute Gasteiger partial charge is 2.00 e. The standard InChI is InChI=1S/C45H68N10O8.Co/c1-21-37(52)25(10-13-31(47)57)44(7,19-34(50)60)23(3)39-27(17-33(49)59)43(6,16-15-36(62)63)41(55-39)22(2)38-26(11-14-32(48)58)42(4,5)29(54-38)18-28-24(9-12-30(46)56)45(8,20-35(51)61)40(21)53-28;/h18,23-27,39H,9-17,19-20,52H2,1-8H3,(H2,46,56)(H2,47,57)(H2,48,58)(H2,49,59)(H2,50,60)(H2,51,61)(H,62,63);/q;+2/b28-18+,37-21-,38-22-;/t23-,24-,25-,26-,27+,39+,43-,44-,45+;/m1./s1. The van der Waals surface area contributed by atoms with E-state index >= 15 is 0 Å². The fraction of sp³-hybridized carbons (Fsp3) is 0.644. The number of fused-ring (bicyclic) bond motifs is 3. The molecule has 0 fully saturated rings. The Morgan fingerprint density at radius 1 is 0.656 bits per heavy atom. The summed E-state index contributed by atoms with van der Waals surface area (Å²) < 4.78 is 0. The van der Waals surface area contributed by atoms with E-state index in [9.17, 15) is 38.7 Å². The van der Waals surface area contributed by atoms with Gasteiger partial charge in [0.25, 0.3) is 0 Å². The number of hydrogen-bond acceptors (Lipinski definition) is 11. The zero-order chi connectivity index (χ0) is 47.7. The van der Waals surface area contributed by atoms with Crippen LogP contribution in [0.2, 0.25) is 0 Å². The molecule has 6 amide bonds. The average molecular weight is 936 g/mol. The summed E-state index contributed by atoms with van der Waals surface area (Å²) >= 11 is 0. The van der Waals surface area contributed by atoms with Crippen molar-refractivity contribution in [3.05, 3.63) is 34.3 Å². The number of aliphatic carboxylic acids is 1. The molecule has 19 heteroatoms. The van der Waals surface area contributed by atoms with Crippen LogP contribution in [0.5, 0.6) is 0 Å². The van der Waals surface area contributed by atoms with Gasteiger partial charge in [0.15, 0.2) is 0 Å². The van der Waals surface area contributed by atoms with Crippen molar-refractivity contribution in [3.8, 4) is 0 Å². The molecule has 4 aliphatic rings.